The van der Waals surface area contributed by atoms with Gasteiger partial charge in [-0.25, -0.2) is 0 Å². The highest BCUT2D eigenvalue weighted by molar-refractivity contribution is 6.22. The molecule has 0 saturated heterocycles. The maximum Gasteiger partial charge on any atom is 0.0588 e. The number of nitrogens with zero attached hydrogens (tertiary/aromatic N) is 2. The molecule has 2 atom stereocenters. The molecule has 0 fully saturated rings. The van der Waals surface area contributed by atoms with E-state index in [9.17, 15) is 0 Å². The van der Waals surface area contributed by atoms with Crippen LogP contribution in [0.2, 0.25) is 0 Å². The average molecular weight is 925 g/mol. The summed E-state index contributed by atoms with van der Waals surface area (Å²) in [6, 6.07) is 72.4. The van der Waals surface area contributed by atoms with E-state index in [1.54, 1.807) is 5.57 Å². The molecule has 0 radical (unpaired) electrons. The summed E-state index contributed by atoms with van der Waals surface area (Å²) in [4.78, 5) is 5.04. The summed E-state index contributed by atoms with van der Waals surface area (Å²) in [5, 5.41) is 4.98. The van der Waals surface area contributed by atoms with E-state index in [4.69, 9.17) is 0 Å². The van der Waals surface area contributed by atoms with Crippen molar-refractivity contribution < 1.29 is 0 Å². The summed E-state index contributed by atoms with van der Waals surface area (Å²) >= 11 is 0. The molecule has 0 amide bonds. The second-order valence-corrected chi connectivity index (χ2v) is 19.8. The smallest absolute Gasteiger partial charge is 0.0588 e. The molecule has 2 unspecified atom stereocenters. The summed E-state index contributed by atoms with van der Waals surface area (Å²) in [6.07, 6.45) is 29.7. The monoisotopic (exact) mass is 924 g/mol. The van der Waals surface area contributed by atoms with Crippen LogP contribution >= 0.6 is 0 Å². The minimum Gasteiger partial charge on any atom is -0.334 e. The molecule has 0 N–H and O–H groups in total. The number of para-hydroxylation sites is 2. The summed E-state index contributed by atoms with van der Waals surface area (Å²) in [5.74, 6) is 0.483. The number of rotatable bonds is 8. The van der Waals surface area contributed by atoms with Gasteiger partial charge in [0.1, 0.15) is 0 Å². The van der Waals surface area contributed by atoms with Crippen LogP contribution in [0.25, 0.3) is 68.1 Å². The first kappa shape index (κ1) is 43.6. The molecule has 0 aromatic heterocycles. The molecule has 4 aliphatic rings. The van der Waals surface area contributed by atoms with E-state index in [0.717, 1.165) is 38.5 Å². The van der Waals surface area contributed by atoms with E-state index in [1.807, 2.05) is 0 Å². The van der Waals surface area contributed by atoms with E-state index in [2.05, 4.69) is 265 Å². The van der Waals surface area contributed by atoms with Gasteiger partial charge < -0.3 is 9.80 Å². The molecule has 2 aliphatic heterocycles. The van der Waals surface area contributed by atoms with Crippen LogP contribution in [0.5, 0.6) is 0 Å². The van der Waals surface area contributed by atoms with Gasteiger partial charge in [0.05, 0.1) is 6.04 Å². The molecule has 9 aromatic carbocycles. The topological polar surface area (TPSA) is 6.48 Å². The normalized spacial score (nSPS) is 17.3. The van der Waals surface area contributed by atoms with E-state index in [-0.39, 0.29) is 0 Å². The minimum atomic E-state index is 0.299. The Labute approximate surface area is 424 Å². The second kappa shape index (κ2) is 19.0. The van der Waals surface area contributed by atoms with E-state index in [1.165, 1.54) is 106 Å². The lowest BCUT2D eigenvalue weighted by atomic mass is 9.84. The van der Waals surface area contributed by atoms with Crippen molar-refractivity contribution in [1.29, 1.82) is 0 Å². The zero-order valence-electron chi connectivity index (χ0n) is 40.5. The lowest BCUT2D eigenvalue weighted by molar-refractivity contribution is 0.535. The van der Waals surface area contributed by atoms with E-state index >= 15 is 0 Å². The van der Waals surface area contributed by atoms with Gasteiger partial charge in [0.25, 0.3) is 0 Å². The SMILES string of the molecule is C1=CC2CCc3ccccc3N(c3ccc(/C=C/c4ccc5c(-c6ccccc6)c(-c6ccccc6)c6ccc(/C=C/c7ccc(N8C9=C(CCC=C9)CCc9ccccc98)cc7)cc6c5c4)cc3)C2C=C1. The van der Waals surface area contributed by atoms with Gasteiger partial charge >= 0.3 is 0 Å². The molecule has 0 bridgehead atoms. The van der Waals surface area contributed by atoms with Crippen molar-refractivity contribution in [3.8, 4) is 22.3 Å². The van der Waals surface area contributed by atoms with Gasteiger partial charge in [-0.15, -0.1) is 0 Å². The number of fused-ring (bicyclic) bond motifs is 6. The Morgan fingerprint density at radius 2 is 0.944 bits per heavy atom. The van der Waals surface area contributed by atoms with Crippen molar-refractivity contribution in [3.63, 3.8) is 0 Å². The van der Waals surface area contributed by atoms with Crippen molar-refractivity contribution in [3.05, 3.63) is 275 Å². The fourth-order valence-corrected chi connectivity index (χ4v) is 11.9. The van der Waals surface area contributed by atoms with Crippen molar-refractivity contribution in [1.82, 2.24) is 0 Å². The molecule has 2 heterocycles. The van der Waals surface area contributed by atoms with Crippen LogP contribution in [0.15, 0.2) is 242 Å². The highest BCUT2D eigenvalue weighted by Crippen LogP contribution is 2.46. The van der Waals surface area contributed by atoms with Gasteiger partial charge in [-0.05, 0) is 176 Å². The molecule has 2 heteroatoms. The Kier molecular flexibility index (Phi) is 11.5. The third-order valence-corrected chi connectivity index (χ3v) is 15.5. The first-order chi connectivity index (χ1) is 35.7. The van der Waals surface area contributed by atoms with Gasteiger partial charge in [0.2, 0.25) is 0 Å². The number of hydrogen-bond acceptors (Lipinski definition) is 2. The van der Waals surface area contributed by atoms with Crippen LogP contribution in [-0.2, 0) is 12.8 Å². The molecular weight excluding hydrogens is 869 g/mol. The summed E-state index contributed by atoms with van der Waals surface area (Å²) < 4.78 is 0. The van der Waals surface area contributed by atoms with E-state index in [0.29, 0.717) is 12.0 Å². The Morgan fingerprint density at radius 3 is 1.58 bits per heavy atom. The first-order valence-electron chi connectivity index (χ1n) is 25.9. The highest BCUT2D eigenvalue weighted by Gasteiger charge is 2.31. The van der Waals surface area contributed by atoms with Gasteiger partial charge in [-0.1, -0.05) is 200 Å². The number of allylic oxidation sites excluding steroid dienone is 5. The van der Waals surface area contributed by atoms with Crippen LogP contribution in [-0.4, -0.2) is 6.04 Å². The number of hydrogen-bond donors (Lipinski definition) is 0. The van der Waals surface area contributed by atoms with Crippen molar-refractivity contribution in [2.24, 2.45) is 5.92 Å². The zero-order chi connectivity index (χ0) is 47.8. The largest absolute Gasteiger partial charge is 0.334 e. The molecular formula is C70H56N2. The molecule has 0 saturated carbocycles. The molecule has 13 rings (SSSR count). The van der Waals surface area contributed by atoms with Crippen LogP contribution in [0, 0.1) is 5.92 Å². The van der Waals surface area contributed by atoms with Crippen LogP contribution in [0.3, 0.4) is 0 Å². The maximum atomic E-state index is 2.56. The Bertz CT molecular complexity index is 3680. The van der Waals surface area contributed by atoms with Crippen molar-refractivity contribution in [2.75, 3.05) is 9.80 Å². The Hall–Kier alpha value is -8.46. The van der Waals surface area contributed by atoms with Crippen LogP contribution in [0.1, 0.15) is 59.1 Å². The molecule has 72 heavy (non-hydrogen) atoms. The Balaban J connectivity index is 0.868. The maximum absolute atomic E-state index is 2.56. The molecule has 2 nitrogen and oxygen atoms in total. The lowest BCUT2D eigenvalue weighted by Crippen LogP contribution is -2.35. The quantitative estimate of drug-likeness (QED) is 0.111. The van der Waals surface area contributed by atoms with Gasteiger partial charge in [0.15, 0.2) is 0 Å². The highest BCUT2D eigenvalue weighted by atomic mass is 15.2. The molecule has 2 aliphatic carbocycles. The van der Waals surface area contributed by atoms with E-state index < -0.39 is 0 Å². The molecule has 9 aromatic rings. The van der Waals surface area contributed by atoms with Crippen molar-refractivity contribution in [2.45, 2.75) is 44.6 Å². The fourth-order valence-electron chi connectivity index (χ4n) is 11.9. The lowest BCUT2D eigenvalue weighted by Gasteiger charge is -2.36. The number of benzene rings is 9. The van der Waals surface area contributed by atoms with Crippen LogP contribution < -0.4 is 9.80 Å². The fraction of sp³-hybridized carbons (Fsp3) is 0.114. The average Bonchev–Trinajstić information content (AvgIpc) is 3.73. The third kappa shape index (κ3) is 8.23. The summed E-state index contributed by atoms with van der Waals surface area (Å²) in [5.41, 5.74) is 20.4. The molecule has 346 valence electrons. The first-order valence-corrected chi connectivity index (χ1v) is 25.9. The van der Waals surface area contributed by atoms with Gasteiger partial charge in [-0.3, -0.25) is 0 Å². The standard InChI is InChI=1S/C70H56N2/c1-3-19-57(20-4-1)69-61-45-35-51(29-27-49-31-41-59(42-32-49)71-65-23-11-7-15-53(65)37-38-54-16-8-12-24-66(54)71)47-63(61)64-48-52(36-46-62(64)70(69)58-21-5-2-6-22-58)30-28-50-33-43-60(44-34-50)72-67-25-13-9-17-55(67)39-40-56-18-10-14-26-68(56)72/h1-9,11-17,19-36,41-48,53,65H,10,18,37-40H2/b29-27+,30-28+. The number of aryl methyl sites for hydroxylation is 2. The summed E-state index contributed by atoms with van der Waals surface area (Å²) in [7, 11) is 0. The zero-order valence-corrected chi connectivity index (χ0v) is 40.5. The predicted molar refractivity (Wildman–Crippen MR) is 308 cm³/mol. The summed E-state index contributed by atoms with van der Waals surface area (Å²) in [6.45, 7) is 0. The predicted octanol–water partition coefficient (Wildman–Crippen LogP) is 18.6. The van der Waals surface area contributed by atoms with Crippen LogP contribution in [0.4, 0.5) is 22.7 Å². The Morgan fingerprint density at radius 1 is 0.417 bits per heavy atom. The van der Waals surface area contributed by atoms with Gasteiger partial charge in [0, 0.05) is 34.4 Å². The third-order valence-electron chi connectivity index (χ3n) is 15.5. The van der Waals surface area contributed by atoms with Crippen molar-refractivity contribution >= 4 is 68.6 Å². The number of anilines is 4. The second-order valence-electron chi connectivity index (χ2n) is 19.8. The minimum absolute atomic E-state index is 0.299. The van der Waals surface area contributed by atoms with Gasteiger partial charge in [-0.2, -0.15) is 0 Å². The molecule has 0 spiro atoms.